The van der Waals surface area contributed by atoms with Crippen molar-refractivity contribution >= 4 is 12.1 Å². The van der Waals surface area contributed by atoms with Gasteiger partial charge in [-0.25, -0.2) is 9.59 Å². The Morgan fingerprint density at radius 2 is 1.96 bits per heavy atom. The molecule has 140 valence electrons. The van der Waals surface area contributed by atoms with Crippen molar-refractivity contribution in [3.8, 4) is 0 Å². The molecule has 0 aromatic carbocycles. The Kier molecular flexibility index (Phi) is 8.18. The number of ether oxygens (including phenoxy) is 1. The van der Waals surface area contributed by atoms with Gasteiger partial charge in [-0.2, -0.15) is 0 Å². The molecular weight excluding hydrogens is 320 g/mol. The largest absolute Gasteiger partial charge is 0.444 e. The summed E-state index contributed by atoms with van der Waals surface area (Å²) in [4.78, 5) is 27.9. The molecule has 0 aliphatic heterocycles. The molecule has 0 aliphatic rings. The van der Waals surface area contributed by atoms with E-state index in [2.05, 4.69) is 34.8 Å². The van der Waals surface area contributed by atoms with Crippen LogP contribution in [0, 0.1) is 5.92 Å². The monoisotopic (exact) mass is 350 g/mol. The number of alkyl carbamates (subject to hydrolysis) is 1. The quantitative estimate of drug-likeness (QED) is 0.705. The second kappa shape index (κ2) is 9.86. The first kappa shape index (κ1) is 20.7. The maximum Gasteiger partial charge on any atom is 0.407 e. The third-order valence-electron chi connectivity index (χ3n) is 3.16. The molecule has 25 heavy (non-hydrogen) atoms. The van der Waals surface area contributed by atoms with Gasteiger partial charge >= 0.3 is 12.1 Å². The fourth-order valence-corrected chi connectivity index (χ4v) is 2.20. The van der Waals surface area contributed by atoms with E-state index in [0.717, 1.165) is 12.0 Å². The highest BCUT2D eigenvalue weighted by molar-refractivity contribution is 5.74. The third-order valence-corrected chi connectivity index (χ3v) is 3.16. The number of urea groups is 1. The Balaban J connectivity index is 2.45. The van der Waals surface area contributed by atoms with E-state index in [0.29, 0.717) is 19.0 Å². The molecule has 0 radical (unpaired) electrons. The summed E-state index contributed by atoms with van der Waals surface area (Å²) < 4.78 is 5.22. The molecule has 7 heteroatoms. The van der Waals surface area contributed by atoms with Crippen LogP contribution >= 0.6 is 0 Å². The first-order valence-electron chi connectivity index (χ1n) is 8.56. The van der Waals surface area contributed by atoms with Gasteiger partial charge in [0, 0.05) is 31.5 Å². The van der Waals surface area contributed by atoms with Crippen molar-refractivity contribution in [3.63, 3.8) is 0 Å². The molecule has 0 saturated carbocycles. The molecule has 0 aliphatic carbocycles. The molecule has 0 fully saturated rings. The van der Waals surface area contributed by atoms with E-state index >= 15 is 0 Å². The molecule has 1 atom stereocenters. The molecule has 1 heterocycles. The predicted octanol–water partition coefficient (Wildman–Crippen LogP) is 2.82. The van der Waals surface area contributed by atoms with Crippen molar-refractivity contribution in [1.82, 2.24) is 20.9 Å². The average Bonchev–Trinajstić information content (AvgIpc) is 2.49. The van der Waals surface area contributed by atoms with E-state index in [1.807, 2.05) is 32.9 Å². The highest BCUT2D eigenvalue weighted by Gasteiger charge is 2.19. The molecule has 1 aromatic heterocycles. The number of nitrogens with zero attached hydrogens (tertiary/aromatic N) is 1. The van der Waals surface area contributed by atoms with Gasteiger partial charge in [0.15, 0.2) is 0 Å². The fraction of sp³-hybridized carbons (Fsp3) is 0.611. The van der Waals surface area contributed by atoms with Crippen LogP contribution in [0.25, 0.3) is 0 Å². The SMILES string of the molecule is CC(C)C[C@H](CNC(=O)OC(C)(C)C)NC(=O)NCc1cccnc1. The summed E-state index contributed by atoms with van der Waals surface area (Å²) in [5.41, 5.74) is 0.372. The Labute approximate surface area is 149 Å². The summed E-state index contributed by atoms with van der Waals surface area (Å²) in [5.74, 6) is 0.379. The first-order valence-corrected chi connectivity index (χ1v) is 8.56. The Morgan fingerprint density at radius 1 is 1.24 bits per heavy atom. The second-order valence-electron chi connectivity index (χ2n) is 7.40. The summed E-state index contributed by atoms with van der Waals surface area (Å²) in [5, 5.41) is 8.40. The highest BCUT2D eigenvalue weighted by Crippen LogP contribution is 2.07. The Hall–Kier alpha value is -2.31. The number of pyridine rings is 1. The fourth-order valence-electron chi connectivity index (χ4n) is 2.20. The van der Waals surface area contributed by atoms with Gasteiger partial charge in [-0.1, -0.05) is 19.9 Å². The number of carbonyl (C=O) groups excluding carboxylic acids is 2. The number of hydrogen-bond donors (Lipinski definition) is 3. The van der Waals surface area contributed by atoms with Crippen LogP contribution in [0.15, 0.2) is 24.5 Å². The molecule has 3 N–H and O–H groups in total. The lowest BCUT2D eigenvalue weighted by atomic mass is 10.0. The van der Waals surface area contributed by atoms with Gasteiger partial charge in [0.05, 0.1) is 0 Å². The molecule has 7 nitrogen and oxygen atoms in total. The van der Waals surface area contributed by atoms with E-state index in [-0.39, 0.29) is 12.1 Å². The minimum absolute atomic E-state index is 0.179. The number of amides is 3. The van der Waals surface area contributed by atoms with Gasteiger partial charge in [-0.3, -0.25) is 4.98 Å². The molecule has 0 spiro atoms. The Bertz CT molecular complexity index is 541. The summed E-state index contributed by atoms with van der Waals surface area (Å²) in [7, 11) is 0. The molecule has 1 aromatic rings. The van der Waals surface area contributed by atoms with Crippen LogP contribution in [0.2, 0.25) is 0 Å². The van der Waals surface area contributed by atoms with Crippen LogP contribution in [0.5, 0.6) is 0 Å². The van der Waals surface area contributed by atoms with Gasteiger partial charge < -0.3 is 20.7 Å². The predicted molar refractivity (Wildman–Crippen MR) is 97.1 cm³/mol. The van der Waals surface area contributed by atoms with Crippen molar-refractivity contribution in [2.24, 2.45) is 5.92 Å². The van der Waals surface area contributed by atoms with Crippen LogP contribution < -0.4 is 16.0 Å². The van der Waals surface area contributed by atoms with E-state index in [1.54, 1.807) is 12.4 Å². The smallest absolute Gasteiger partial charge is 0.407 e. The topological polar surface area (TPSA) is 92.4 Å². The maximum atomic E-state index is 12.1. The van der Waals surface area contributed by atoms with E-state index < -0.39 is 11.7 Å². The third kappa shape index (κ3) is 10.2. The maximum absolute atomic E-state index is 12.1. The zero-order chi connectivity index (χ0) is 18.9. The van der Waals surface area contributed by atoms with Crippen molar-refractivity contribution in [2.75, 3.05) is 6.54 Å². The summed E-state index contributed by atoms with van der Waals surface area (Å²) >= 11 is 0. The lowest BCUT2D eigenvalue weighted by Gasteiger charge is -2.23. The zero-order valence-electron chi connectivity index (χ0n) is 15.8. The van der Waals surface area contributed by atoms with Crippen molar-refractivity contribution < 1.29 is 14.3 Å². The van der Waals surface area contributed by atoms with Crippen LogP contribution in [0.1, 0.15) is 46.6 Å². The standard InChI is InChI=1S/C18H30N4O3/c1-13(2)9-15(12-21-17(24)25-18(3,4)5)22-16(23)20-11-14-7-6-8-19-10-14/h6-8,10,13,15H,9,11-12H2,1-5H3,(H,21,24)(H2,20,22,23)/t15-/m1/s1. The summed E-state index contributed by atoms with van der Waals surface area (Å²) in [6.45, 7) is 10.3. The molecule has 1 rings (SSSR count). The van der Waals surface area contributed by atoms with Gasteiger partial charge in [-0.15, -0.1) is 0 Å². The van der Waals surface area contributed by atoms with Crippen LogP contribution in [0.4, 0.5) is 9.59 Å². The Morgan fingerprint density at radius 3 is 2.52 bits per heavy atom. The normalized spacial score (nSPS) is 12.4. The van der Waals surface area contributed by atoms with Crippen molar-refractivity contribution in [3.05, 3.63) is 30.1 Å². The second-order valence-corrected chi connectivity index (χ2v) is 7.40. The zero-order valence-corrected chi connectivity index (χ0v) is 15.8. The summed E-state index contributed by atoms with van der Waals surface area (Å²) in [6, 6.07) is 3.26. The average molecular weight is 350 g/mol. The molecule has 0 unspecified atom stereocenters. The van der Waals surface area contributed by atoms with Crippen LogP contribution in [-0.2, 0) is 11.3 Å². The number of carbonyl (C=O) groups is 2. The van der Waals surface area contributed by atoms with Crippen LogP contribution in [-0.4, -0.2) is 35.3 Å². The van der Waals surface area contributed by atoms with Gasteiger partial charge in [-0.05, 0) is 44.7 Å². The number of rotatable bonds is 7. The molecule has 0 bridgehead atoms. The first-order chi connectivity index (χ1) is 11.7. The summed E-state index contributed by atoms with van der Waals surface area (Å²) in [6.07, 6.45) is 3.65. The van der Waals surface area contributed by atoms with E-state index in [1.165, 1.54) is 0 Å². The minimum Gasteiger partial charge on any atom is -0.444 e. The van der Waals surface area contributed by atoms with E-state index in [4.69, 9.17) is 4.74 Å². The lowest BCUT2D eigenvalue weighted by Crippen LogP contribution is -2.48. The van der Waals surface area contributed by atoms with Crippen LogP contribution in [0.3, 0.4) is 0 Å². The number of aromatic nitrogens is 1. The van der Waals surface area contributed by atoms with Gasteiger partial charge in [0.1, 0.15) is 5.60 Å². The number of hydrogen-bond acceptors (Lipinski definition) is 4. The van der Waals surface area contributed by atoms with E-state index in [9.17, 15) is 9.59 Å². The molecule has 0 saturated heterocycles. The van der Waals surface area contributed by atoms with Crippen molar-refractivity contribution in [2.45, 2.75) is 59.2 Å². The minimum atomic E-state index is -0.549. The molecular formula is C18H30N4O3. The van der Waals surface area contributed by atoms with Gasteiger partial charge in [0.25, 0.3) is 0 Å². The number of nitrogens with one attached hydrogen (secondary N) is 3. The highest BCUT2D eigenvalue weighted by atomic mass is 16.6. The van der Waals surface area contributed by atoms with Gasteiger partial charge in [0.2, 0.25) is 0 Å². The lowest BCUT2D eigenvalue weighted by molar-refractivity contribution is 0.0521. The molecule has 3 amide bonds. The van der Waals surface area contributed by atoms with Crippen molar-refractivity contribution in [1.29, 1.82) is 0 Å².